The van der Waals surface area contributed by atoms with E-state index in [-0.39, 0.29) is 30.3 Å². The van der Waals surface area contributed by atoms with E-state index in [4.69, 9.17) is 0 Å². The maximum Gasteiger partial charge on any atom is 0.223 e. The number of nitrogens with one attached hydrogen (secondary N) is 2. The summed E-state index contributed by atoms with van der Waals surface area (Å²) in [6.07, 6.45) is 4.55. The minimum absolute atomic E-state index is 0. The number of amides is 1. The summed E-state index contributed by atoms with van der Waals surface area (Å²) < 4.78 is 0. The highest BCUT2D eigenvalue weighted by Crippen LogP contribution is 2.22. The fourth-order valence-electron chi connectivity index (χ4n) is 2.40. The molecule has 1 aliphatic rings. The fourth-order valence-corrected chi connectivity index (χ4v) is 3.18. The number of carbonyl (C=O) groups excluding carboxylic acids is 1. The first-order valence-electron chi connectivity index (χ1n) is 6.63. The summed E-state index contributed by atoms with van der Waals surface area (Å²) in [5, 5.41) is 9.47. The number of thiazole rings is 1. The van der Waals surface area contributed by atoms with Crippen molar-refractivity contribution in [1.82, 2.24) is 15.6 Å². The SMILES string of the molecule is CCC(NC(=O)[C@H]1CCN[C@@H](C)C1)c1nccs1.Cl. The third-order valence-corrected chi connectivity index (χ3v) is 4.36. The van der Waals surface area contributed by atoms with E-state index in [1.54, 1.807) is 17.5 Å². The molecule has 4 nitrogen and oxygen atoms in total. The summed E-state index contributed by atoms with van der Waals surface area (Å²) >= 11 is 1.61. The van der Waals surface area contributed by atoms with Crippen LogP contribution in [0.25, 0.3) is 0 Å². The molecule has 2 N–H and O–H groups in total. The molecule has 0 saturated carbocycles. The Balaban J connectivity index is 0.00000180. The Morgan fingerprint density at radius 1 is 1.68 bits per heavy atom. The Hall–Kier alpha value is -0.650. The summed E-state index contributed by atoms with van der Waals surface area (Å²) in [6, 6.07) is 0.511. The van der Waals surface area contributed by atoms with Gasteiger partial charge in [0.15, 0.2) is 0 Å². The Morgan fingerprint density at radius 2 is 2.47 bits per heavy atom. The van der Waals surface area contributed by atoms with E-state index in [1.807, 2.05) is 5.38 Å². The number of nitrogens with zero attached hydrogens (tertiary/aromatic N) is 1. The van der Waals surface area contributed by atoms with Gasteiger partial charge in [-0.1, -0.05) is 6.92 Å². The number of rotatable bonds is 4. The fraction of sp³-hybridized carbons (Fsp3) is 0.692. The van der Waals surface area contributed by atoms with Crippen LogP contribution in [0.1, 0.15) is 44.2 Å². The van der Waals surface area contributed by atoms with E-state index in [2.05, 4.69) is 29.5 Å². The van der Waals surface area contributed by atoms with Crippen molar-refractivity contribution in [1.29, 1.82) is 0 Å². The van der Waals surface area contributed by atoms with Crippen molar-refractivity contribution >= 4 is 29.7 Å². The number of halogens is 1. The van der Waals surface area contributed by atoms with Crippen LogP contribution in [0.5, 0.6) is 0 Å². The zero-order valence-corrected chi connectivity index (χ0v) is 13.0. The highest BCUT2D eigenvalue weighted by atomic mass is 35.5. The van der Waals surface area contributed by atoms with Crippen molar-refractivity contribution in [3.05, 3.63) is 16.6 Å². The van der Waals surface area contributed by atoms with E-state index in [9.17, 15) is 4.79 Å². The molecule has 0 aromatic carbocycles. The first-order valence-corrected chi connectivity index (χ1v) is 7.51. The van der Waals surface area contributed by atoms with Gasteiger partial charge in [0, 0.05) is 23.5 Å². The molecule has 108 valence electrons. The van der Waals surface area contributed by atoms with Crippen LogP contribution >= 0.6 is 23.7 Å². The van der Waals surface area contributed by atoms with Crippen LogP contribution in [-0.4, -0.2) is 23.5 Å². The Labute approximate surface area is 124 Å². The number of hydrogen-bond acceptors (Lipinski definition) is 4. The third-order valence-electron chi connectivity index (χ3n) is 3.47. The lowest BCUT2D eigenvalue weighted by Crippen LogP contribution is -2.43. The summed E-state index contributed by atoms with van der Waals surface area (Å²) in [5.74, 6) is 0.334. The van der Waals surface area contributed by atoms with Gasteiger partial charge in [-0.25, -0.2) is 4.98 Å². The molecule has 0 bridgehead atoms. The number of aromatic nitrogens is 1. The normalized spacial score (nSPS) is 24.3. The van der Waals surface area contributed by atoms with Crippen molar-refractivity contribution in [3.8, 4) is 0 Å². The van der Waals surface area contributed by atoms with Gasteiger partial charge in [-0.3, -0.25) is 4.79 Å². The molecule has 1 aromatic heterocycles. The Morgan fingerprint density at radius 3 is 3.05 bits per heavy atom. The quantitative estimate of drug-likeness (QED) is 0.898. The van der Waals surface area contributed by atoms with Gasteiger partial charge in [0.05, 0.1) is 6.04 Å². The Bertz CT molecular complexity index is 385. The van der Waals surface area contributed by atoms with Gasteiger partial charge < -0.3 is 10.6 Å². The molecule has 0 aliphatic carbocycles. The van der Waals surface area contributed by atoms with Gasteiger partial charge in [-0.05, 0) is 32.7 Å². The van der Waals surface area contributed by atoms with Crippen LogP contribution in [0, 0.1) is 5.92 Å². The molecular weight excluding hydrogens is 282 g/mol. The molecule has 1 saturated heterocycles. The molecule has 19 heavy (non-hydrogen) atoms. The molecule has 1 aromatic rings. The van der Waals surface area contributed by atoms with Gasteiger partial charge in [0.2, 0.25) is 5.91 Å². The predicted octanol–water partition coefficient (Wildman–Crippen LogP) is 2.52. The smallest absolute Gasteiger partial charge is 0.223 e. The first kappa shape index (κ1) is 16.4. The molecule has 2 rings (SSSR count). The topological polar surface area (TPSA) is 54.0 Å². The largest absolute Gasteiger partial charge is 0.347 e. The van der Waals surface area contributed by atoms with E-state index in [0.29, 0.717) is 6.04 Å². The van der Waals surface area contributed by atoms with E-state index in [1.165, 1.54) is 0 Å². The minimum Gasteiger partial charge on any atom is -0.347 e. The second kappa shape index (κ2) is 7.82. The maximum atomic E-state index is 12.2. The molecule has 0 spiro atoms. The number of piperidine rings is 1. The average Bonchev–Trinajstić information content (AvgIpc) is 2.89. The lowest BCUT2D eigenvalue weighted by molar-refractivity contribution is -0.126. The van der Waals surface area contributed by atoms with Crippen molar-refractivity contribution < 1.29 is 4.79 Å². The van der Waals surface area contributed by atoms with Gasteiger partial charge in [-0.2, -0.15) is 0 Å². The highest BCUT2D eigenvalue weighted by molar-refractivity contribution is 7.09. The second-order valence-electron chi connectivity index (χ2n) is 4.92. The maximum absolute atomic E-state index is 12.2. The molecule has 1 amide bonds. The van der Waals surface area contributed by atoms with E-state index in [0.717, 1.165) is 30.8 Å². The molecule has 2 heterocycles. The van der Waals surface area contributed by atoms with Crippen molar-refractivity contribution in [2.75, 3.05) is 6.54 Å². The molecule has 1 unspecified atom stereocenters. The monoisotopic (exact) mass is 303 g/mol. The molecule has 6 heteroatoms. The van der Waals surface area contributed by atoms with Gasteiger partial charge in [-0.15, -0.1) is 23.7 Å². The third kappa shape index (κ3) is 4.44. The zero-order valence-electron chi connectivity index (χ0n) is 11.4. The number of carbonyl (C=O) groups is 1. The molecular formula is C13H22ClN3OS. The van der Waals surface area contributed by atoms with Crippen LogP contribution in [0.4, 0.5) is 0 Å². The summed E-state index contributed by atoms with van der Waals surface area (Å²) in [4.78, 5) is 16.5. The van der Waals surface area contributed by atoms with Crippen molar-refractivity contribution in [2.45, 2.75) is 45.2 Å². The van der Waals surface area contributed by atoms with E-state index >= 15 is 0 Å². The van der Waals surface area contributed by atoms with Crippen LogP contribution < -0.4 is 10.6 Å². The average molecular weight is 304 g/mol. The molecule has 1 aliphatic heterocycles. The molecule has 0 radical (unpaired) electrons. The van der Waals surface area contributed by atoms with Crippen LogP contribution in [0.2, 0.25) is 0 Å². The van der Waals surface area contributed by atoms with Crippen LogP contribution in [0.3, 0.4) is 0 Å². The number of hydrogen-bond donors (Lipinski definition) is 2. The minimum atomic E-state index is 0. The molecule has 1 fully saturated rings. The first-order chi connectivity index (χ1) is 8.70. The summed E-state index contributed by atoms with van der Waals surface area (Å²) in [6.45, 7) is 5.16. The lowest BCUT2D eigenvalue weighted by atomic mass is 9.92. The van der Waals surface area contributed by atoms with Crippen LogP contribution in [0.15, 0.2) is 11.6 Å². The Kier molecular flexibility index (Phi) is 6.75. The van der Waals surface area contributed by atoms with Crippen LogP contribution in [-0.2, 0) is 4.79 Å². The highest BCUT2D eigenvalue weighted by Gasteiger charge is 2.26. The predicted molar refractivity (Wildman–Crippen MR) is 80.7 cm³/mol. The van der Waals surface area contributed by atoms with Crippen molar-refractivity contribution in [2.24, 2.45) is 5.92 Å². The molecule has 3 atom stereocenters. The second-order valence-corrected chi connectivity index (χ2v) is 5.84. The zero-order chi connectivity index (χ0) is 13.0. The lowest BCUT2D eigenvalue weighted by Gasteiger charge is -2.28. The van der Waals surface area contributed by atoms with Crippen molar-refractivity contribution in [3.63, 3.8) is 0 Å². The summed E-state index contributed by atoms with van der Waals surface area (Å²) in [5.41, 5.74) is 0. The van der Waals surface area contributed by atoms with E-state index < -0.39 is 0 Å². The van der Waals surface area contributed by atoms with Gasteiger partial charge in [0.1, 0.15) is 5.01 Å². The van der Waals surface area contributed by atoms with Gasteiger partial charge >= 0.3 is 0 Å². The standard InChI is InChI=1S/C13H21N3OS.ClH/c1-3-11(13-15-6-7-18-13)16-12(17)10-4-5-14-9(2)8-10;/h6-7,9-11,14H,3-5,8H2,1-2H3,(H,16,17);1H/t9-,10-,11?;/m0./s1. The van der Waals surface area contributed by atoms with Gasteiger partial charge in [0.25, 0.3) is 0 Å². The summed E-state index contributed by atoms with van der Waals surface area (Å²) in [7, 11) is 0.